The van der Waals surface area contributed by atoms with E-state index in [1.54, 1.807) is 36.4 Å². The number of halogens is 2. The predicted octanol–water partition coefficient (Wildman–Crippen LogP) is 4.51. The van der Waals surface area contributed by atoms with Gasteiger partial charge in [-0.05, 0) is 42.0 Å². The molecule has 2 aromatic carbocycles. The van der Waals surface area contributed by atoms with Crippen LogP contribution in [0.1, 0.15) is 10.8 Å². The first-order valence-corrected chi connectivity index (χ1v) is 7.14. The molecule has 0 amide bonds. The molecule has 98 valence electrons. The third kappa shape index (κ3) is 3.81. The summed E-state index contributed by atoms with van der Waals surface area (Å²) in [6.45, 7) is 0. The summed E-state index contributed by atoms with van der Waals surface area (Å²) in [4.78, 5) is 12.1. The van der Waals surface area contributed by atoms with E-state index in [1.165, 1.54) is 23.9 Å². The minimum absolute atomic E-state index is 0.333. The van der Waals surface area contributed by atoms with Gasteiger partial charge in [0.1, 0.15) is 11.1 Å². The van der Waals surface area contributed by atoms with Crippen LogP contribution in [-0.2, 0) is 4.79 Å². The zero-order chi connectivity index (χ0) is 13.8. The van der Waals surface area contributed by atoms with Crippen LogP contribution in [-0.4, -0.2) is 11.1 Å². The summed E-state index contributed by atoms with van der Waals surface area (Å²) >= 11 is 4.49. The molecule has 0 bridgehead atoms. The Hall–Kier alpha value is -1.33. The highest BCUT2D eigenvalue weighted by atomic mass is 79.9. The lowest BCUT2D eigenvalue weighted by Gasteiger charge is -2.12. The summed E-state index contributed by atoms with van der Waals surface area (Å²) in [6, 6.07) is 12.9. The molecule has 0 aliphatic rings. The highest BCUT2D eigenvalue weighted by Gasteiger charge is 2.21. The molecule has 1 N–H and O–H groups in total. The summed E-state index contributed by atoms with van der Waals surface area (Å²) in [6.07, 6.45) is 0. The van der Waals surface area contributed by atoms with E-state index >= 15 is 0 Å². The Kier molecular flexibility index (Phi) is 4.61. The van der Waals surface area contributed by atoms with Crippen molar-refractivity contribution in [2.24, 2.45) is 0 Å². The zero-order valence-electron chi connectivity index (χ0n) is 9.72. The summed E-state index contributed by atoms with van der Waals surface area (Å²) < 4.78 is 13.7. The molecule has 2 nitrogen and oxygen atoms in total. The molecule has 2 rings (SSSR count). The van der Waals surface area contributed by atoms with Gasteiger partial charge in [-0.3, -0.25) is 4.79 Å². The molecule has 0 fully saturated rings. The fourth-order valence-electron chi connectivity index (χ4n) is 1.55. The molecule has 0 radical (unpaired) electrons. The molecule has 2 aromatic rings. The van der Waals surface area contributed by atoms with Crippen LogP contribution in [0.5, 0.6) is 0 Å². The lowest BCUT2D eigenvalue weighted by molar-refractivity contribution is -0.136. The molecule has 0 heterocycles. The number of benzene rings is 2. The second-order valence-electron chi connectivity index (χ2n) is 3.84. The van der Waals surface area contributed by atoms with Gasteiger partial charge in [0.2, 0.25) is 0 Å². The molecular weight excluding hydrogens is 331 g/mol. The Bertz CT molecular complexity index is 569. The van der Waals surface area contributed by atoms with E-state index in [2.05, 4.69) is 15.9 Å². The van der Waals surface area contributed by atoms with Crippen molar-refractivity contribution in [2.45, 2.75) is 10.1 Å². The van der Waals surface area contributed by atoms with E-state index < -0.39 is 11.2 Å². The van der Waals surface area contributed by atoms with Crippen LogP contribution in [0.15, 0.2) is 57.9 Å². The Labute approximate surface area is 122 Å². The van der Waals surface area contributed by atoms with Crippen molar-refractivity contribution in [3.8, 4) is 0 Å². The van der Waals surface area contributed by atoms with Gasteiger partial charge in [0, 0.05) is 9.37 Å². The van der Waals surface area contributed by atoms with Gasteiger partial charge >= 0.3 is 5.97 Å². The van der Waals surface area contributed by atoms with Gasteiger partial charge in [-0.15, -0.1) is 11.8 Å². The minimum atomic E-state index is -0.920. The average Bonchev–Trinajstić information content (AvgIpc) is 2.39. The van der Waals surface area contributed by atoms with Gasteiger partial charge in [0.25, 0.3) is 0 Å². The van der Waals surface area contributed by atoms with Crippen molar-refractivity contribution in [1.29, 1.82) is 0 Å². The van der Waals surface area contributed by atoms with Crippen LogP contribution < -0.4 is 0 Å². The number of rotatable bonds is 4. The SMILES string of the molecule is O=C(O)C(Sc1ccc(F)cc1)c1ccc(Br)cc1. The largest absolute Gasteiger partial charge is 0.480 e. The third-order valence-electron chi connectivity index (χ3n) is 2.46. The van der Waals surface area contributed by atoms with E-state index in [0.29, 0.717) is 5.56 Å². The van der Waals surface area contributed by atoms with E-state index in [0.717, 1.165) is 9.37 Å². The van der Waals surface area contributed by atoms with Gasteiger partial charge in [-0.2, -0.15) is 0 Å². The van der Waals surface area contributed by atoms with Crippen LogP contribution in [0, 0.1) is 5.82 Å². The van der Waals surface area contributed by atoms with Crippen molar-refractivity contribution in [1.82, 2.24) is 0 Å². The molecule has 5 heteroatoms. The molecule has 1 atom stereocenters. The molecule has 19 heavy (non-hydrogen) atoms. The Morgan fingerprint density at radius 1 is 1.11 bits per heavy atom. The normalized spacial score (nSPS) is 12.1. The monoisotopic (exact) mass is 340 g/mol. The van der Waals surface area contributed by atoms with E-state index in [4.69, 9.17) is 0 Å². The first kappa shape index (κ1) is 14.1. The quantitative estimate of drug-likeness (QED) is 0.832. The van der Waals surface area contributed by atoms with Crippen molar-refractivity contribution < 1.29 is 14.3 Å². The number of thioether (sulfide) groups is 1. The first-order chi connectivity index (χ1) is 9.06. The summed E-state index contributed by atoms with van der Waals surface area (Å²) in [7, 11) is 0. The molecule has 0 aliphatic heterocycles. The summed E-state index contributed by atoms with van der Waals surface area (Å²) in [5.41, 5.74) is 0.699. The van der Waals surface area contributed by atoms with Crippen molar-refractivity contribution >= 4 is 33.7 Å². The van der Waals surface area contributed by atoms with Crippen molar-refractivity contribution in [2.75, 3.05) is 0 Å². The van der Waals surface area contributed by atoms with Gasteiger partial charge in [0.05, 0.1) is 0 Å². The van der Waals surface area contributed by atoms with E-state index in [9.17, 15) is 14.3 Å². The number of carboxylic acid groups (broad SMARTS) is 1. The molecular formula is C14H10BrFO2S. The minimum Gasteiger partial charge on any atom is -0.480 e. The molecule has 0 saturated carbocycles. The van der Waals surface area contributed by atoms with Gasteiger partial charge < -0.3 is 5.11 Å². The maximum Gasteiger partial charge on any atom is 0.321 e. The fraction of sp³-hybridized carbons (Fsp3) is 0.0714. The Morgan fingerprint density at radius 3 is 2.21 bits per heavy atom. The smallest absolute Gasteiger partial charge is 0.321 e. The highest BCUT2D eigenvalue weighted by Crippen LogP contribution is 2.35. The van der Waals surface area contributed by atoms with Crippen LogP contribution >= 0.6 is 27.7 Å². The highest BCUT2D eigenvalue weighted by molar-refractivity contribution is 9.10. The van der Waals surface area contributed by atoms with Gasteiger partial charge in [-0.25, -0.2) is 4.39 Å². The topological polar surface area (TPSA) is 37.3 Å². The Balaban J connectivity index is 2.23. The molecule has 0 aromatic heterocycles. The standard InChI is InChI=1S/C14H10BrFO2S/c15-10-3-1-9(2-4-10)13(14(17)18)19-12-7-5-11(16)6-8-12/h1-8,13H,(H,17,18). The number of hydrogen-bond acceptors (Lipinski definition) is 2. The van der Waals surface area contributed by atoms with Crippen molar-refractivity contribution in [3.63, 3.8) is 0 Å². The van der Waals surface area contributed by atoms with Crippen molar-refractivity contribution in [3.05, 3.63) is 64.4 Å². The number of carbonyl (C=O) groups is 1. The number of hydrogen-bond donors (Lipinski definition) is 1. The van der Waals surface area contributed by atoms with Crippen LogP contribution in [0.3, 0.4) is 0 Å². The lowest BCUT2D eigenvalue weighted by Crippen LogP contribution is -2.07. The van der Waals surface area contributed by atoms with Crippen LogP contribution in [0.4, 0.5) is 4.39 Å². The number of carboxylic acids is 1. The van der Waals surface area contributed by atoms with Gasteiger partial charge in [-0.1, -0.05) is 28.1 Å². The first-order valence-electron chi connectivity index (χ1n) is 5.47. The second-order valence-corrected chi connectivity index (χ2v) is 5.94. The third-order valence-corrected chi connectivity index (χ3v) is 4.25. The maximum atomic E-state index is 12.8. The molecule has 0 spiro atoms. The second kappa shape index (κ2) is 6.21. The van der Waals surface area contributed by atoms with Gasteiger partial charge in [0.15, 0.2) is 0 Å². The zero-order valence-corrected chi connectivity index (χ0v) is 12.1. The van der Waals surface area contributed by atoms with E-state index in [-0.39, 0.29) is 5.82 Å². The molecule has 0 aliphatic carbocycles. The predicted molar refractivity (Wildman–Crippen MR) is 76.8 cm³/mol. The summed E-state index contributed by atoms with van der Waals surface area (Å²) in [5, 5.41) is 8.60. The lowest BCUT2D eigenvalue weighted by atomic mass is 10.1. The summed E-state index contributed by atoms with van der Waals surface area (Å²) in [5.74, 6) is -1.25. The fourth-order valence-corrected chi connectivity index (χ4v) is 2.77. The number of aliphatic carboxylic acids is 1. The van der Waals surface area contributed by atoms with Crippen LogP contribution in [0.2, 0.25) is 0 Å². The molecule has 0 saturated heterocycles. The van der Waals surface area contributed by atoms with Crippen LogP contribution in [0.25, 0.3) is 0 Å². The average molecular weight is 341 g/mol. The van der Waals surface area contributed by atoms with E-state index in [1.807, 2.05) is 0 Å². The Morgan fingerprint density at radius 2 is 1.68 bits per heavy atom. The molecule has 1 unspecified atom stereocenters. The maximum absolute atomic E-state index is 12.8.